The van der Waals surface area contributed by atoms with E-state index in [4.69, 9.17) is 15.4 Å². The lowest BCUT2D eigenvalue weighted by Crippen LogP contribution is -2.15. The third-order valence-electron chi connectivity index (χ3n) is 1.66. The molecule has 1 unspecified atom stereocenters. The summed E-state index contributed by atoms with van der Waals surface area (Å²) in [5, 5.41) is 12.3. The highest BCUT2D eigenvalue weighted by atomic mass is 16.5. The van der Waals surface area contributed by atoms with Crippen LogP contribution in [0.2, 0.25) is 0 Å². The predicted molar refractivity (Wildman–Crippen MR) is 47.1 cm³/mol. The van der Waals surface area contributed by atoms with Crippen molar-refractivity contribution in [2.45, 2.75) is 32.2 Å². The second-order valence-corrected chi connectivity index (χ2v) is 3.09. The van der Waals surface area contributed by atoms with Crippen LogP contribution in [0.4, 0.5) is 0 Å². The van der Waals surface area contributed by atoms with Crippen molar-refractivity contribution in [3.8, 4) is 0 Å². The lowest BCUT2D eigenvalue weighted by atomic mass is 10.2. The number of aliphatic hydroxyl groups excluding tert-OH is 1. The van der Waals surface area contributed by atoms with Crippen LogP contribution in [0.3, 0.4) is 0 Å². The van der Waals surface area contributed by atoms with Gasteiger partial charge in [0.1, 0.15) is 0 Å². The summed E-state index contributed by atoms with van der Waals surface area (Å²) in [4.78, 5) is 4.08. The first-order valence-electron chi connectivity index (χ1n) is 4.40. The Bertz CT molecular complexity index is 247. The summed E-state index contributed by atoms with van der Waals surface area (Å²) >= 11 is 0. The summed E-state index contributed by atoms with van der Waals surface area (Å²) in [6, 6.07) is 0.146. The molecular formula is C8H15N3O2. The maximum absolute atomic E-state index is 8.61. The Balaban J connectivity index is 2.39. The van der Waals surface area contributed by atoms with Gasteiger partial charge in [-0.2, -0.15) is 4.98 Å². The molecule has 0 fully saturated rings. The first kappa shape index (κ1) is 10.1. The fourth-order valence-corrected chi connectivity index (χ4v) is 0.944. The maximum Gasteiger partial charge on any atom is 0.226 e. The minimum absolute atomic E-state index is 0.0479. The van der Waals surface area contributed by atoms with Crippen LogP contribution in [0.15, 0.2) is 4.52 Å². The summed E-state index contributed by atoms with van der Waals surface area (Å²) in [6.07, 6.45) is 1.98. The molecule has 0 bridgehead atoms. The molecule has 1 aromatic rings. The van der Waals surface area contributed by atoms with Gasteiger partial charge in [0.15, 0.2) is 5.82 Å². The smallest absolute Gasteiger partial charge is 0.226 e. The van der Waals surface area contributed by atoms with E-state index in [-0.39, 0.29) is 12.6 Å². The molecule has 0 saturated heterocycles. The van der Waals surface area contributed by atoms with Crippen molar-refractivity contribution in [3.05, 3.63) is 11.7 Å². The quantitative estimate of drug-likeness (QED) is 0.668. The topological polar surface area (TPSA) is 85.2 Å². The van der Waals surface area contributed by atoms with Gasteiger partial charge in [0, 0.05) is 18.9 Å². The molecule has 5 nitrogen and oxygen atoms in total. The summed E-state index contributed by atoms with van der Waals surface area (Å²) in [5.41, 5.74) is 5.58. The zero-order chi connectivity index (χ0) is 9.68. The molecule has 0 aliphatic heterocycles. The average molecular weight is 185 g/mol. The van der Waals surface area contributed by atoms with Crippen LogP contribution in [-0.4, -0.2) is 27.9 Å². The van der Waals surface area contributed by atoms with Crippen molar-refractivity contribution in [2.24, 2.45) is 5.73 Å². The minimum atomic E-state index is 0.0479. The van der Waals surface area contributed by atoms with Crippen molar-refractivity contribution < 1.29 is 9.63 Å². The molecule has 0 aliphatic carbocycles. The molecule has 0 spiro atoms. The Morgan fingerprint density at radius 2 is 2.31 bits per heavy atom. The Morgan fingerprint density at radius 1 is 1.54 bits per heavy atom. The number of aliphatic hydroxyl groups is 1. The molecule has 1 rings (SSSR count). The molecule has 3 N–H and O–H groups in total. The number of hydrogen-bond donors (Lipinski definition) is 2. The van der Waals surface area contributed by atoms with E-state index in [9.17, 15) is 0 Å². The first-order chi connectivity index (χ1) is 6.22. The lowest BCUT2D eigenvalue weighted by molar-refractivity contribution is 0.292. The van der Waals surface area contributed by atoms with E-state index in [1.54, 1.807) is 0 Å². The molecule has 5 heteroatoms. The molecule has 1 heterocycles. The third kappa shape index (κ3) is 3.52. The minimum Gasteiger partial charge on any atom is -0.396 e. The van der Waals surface area contributed by atoms with E-state index in [1.165, 1.54) is 0 Å². The Labute approximate surface area is 76.9 Å². The highest BCUT2D eigenvalue weighted by Gasteiger charge is 2.06. The highest BCUT2D eigenvalue weighted by molar-refractivity contribution is 4.86. The van der Waals surface area contributed by atoms with Crippen molar-refractivity contribution in [1.29, 1.82) is 0 Å². The number of nitrogens with zero attached hydrogens (tertiary/aromatic N) is 2. The molecule has 0 saturated carbocycles. The van der Waals surface area contributed by atoms with Crippen LogP contribution in [0, 0.1) is 0 Å². The molecule has 1 atom stereocenters. The molecule has 0 aliphatic rings. The fraction of sp³-hybridized carbons (Fsp3) is 0.750. The van der Waals surface area contributed by atoms with Gasteiger partial charge in [0.05, 0.1) is 6.61 Å². The Hall–Kier alpha value is -0.940. The van der Waals surface area contributed by atoms with Crippen LogP contribution in [0.5, 0.6) is 0 Å². The lowest BCUT2D eigenvalue weighted by Gasteiger charge is -1.99. The number of hydrogen-bond acceptors (Lipinski definition) is 5. The number of nitrogens with two attached hydrogens (primary N) is 1. The van der Waals surface area contributed by atoms with E-state index < -0.39 is 0 Å². The van der Waals surface area contributed by atoms with Gasteiger partial charge < -0.3 is 15.4 Å². The SMILES string of the molecule is CC(N)CCc1nc(CCO)no1. The van der Waals surface area contributed by atoms with Gasteiger partial charge in [-0.3, -0.25) is 0 Å². The Morgan fingerprint density at radius 3 is 2.92 bits per heavy atom. The molecule has 1 aromatic heterocycles. The van der Waals surface area contributed by atoms with Gasteiger partial charge in [-0.25, -0.2) is 0 Å². The van der Waals surface area contributed by atoms with Crippen LogP contribution in [-0.2, 0) is 12.8 Å². The van der Waals surface area contributed by atoms with Gasteiger partial charge >= 0.3 is 0 Å². The summed E-state index contributed by atoms with van der Waals surface area (Å²) < 4.78 is 4.94. The number of aryl methyl sites for hydroxylation is 1. The van der Waals surface area contributed by atoms with E-state index in [0.29, 0.717) is 24.6 Å². The van der Waals surface area contributed by atoms with Gasteiger partial charge in [-0.15, -0.1) is 0 Å². The molecular weight excluding hydrogens is 170 g/mol. The summed E-state index contributed by atoms with van der Waals surface area (Å²) in [5.74, 6) is 1.16. The average Bonchev–Trinajstić information content (AvgIpc) is 2.50. The van der Waals surface area contributed by atoms with Crippen molar-refractivity contribution >= 4 is 0 Å². The number of rotatable bonds is 5. The zero-order valence-electron chi connectivity index (χ0n) is 7.73. The monoisotopic (exact) mass is 185 g/mol. The van der Waals surface area contributed by atoms with Crippen molar-refractivity contribution in [2.75, 3.05) is 6.61 Å². The van der Waals surface area contributed by atoms with E-state index in [0.717, 1.165) is 6.42 Å². The molecule has 0 radical (unpaired) electrons. The van der Waals surface area contributed by atoms with Crippen LogP contribution < -0.4 is 5.73 Å². The molecule has 0 amide bonds. The fourth-order valence-electron chi connectivity index (χ4n) is 0.944. The largest absolute Gasteiger partial charge is 0.396 e. The maximum atomic E-state index is 8.61. The van der Waals surface area contributed by atoms with E-state index >= 15 is 0 Å². The van der Waals surface area contributed by atoms with Gasteiger partial charge in [0.25, 0.3) is 0 Å². The third-order valence-corrected chi connectivity index (χ3v) is 1.66. The second kappa shape index (κ2) is 4.94. The van der Waals surface area contributed by atoms with Crippen LogP contribution >= 0.6 is 0 Å². The molecule has 74 valence electrons. The summed E-state index contributed by atoms with van der Waals surface area (Å²) in [6.45, 7) is 1.98. The van der Waals surface area contributed by atoms with Crippen molar-refractivity contribution in [3.63, 3.8) is 0 Å². The molecule has 0 aromatic carbocycles. The highest BCUT2D eigenvalue weighted by Crippen LogP contribution is 2.02. The zero-order valence-corrected chi connectivity index (χ0v) is 7.73. The van der Waals surface area contributed by atoms with Gasteiger partial charge in [-0.1, -0.05) is 5.16 Å². The van der Waals surface area contributed by atoms with Gasteiger partial charge in [-0.05, 0) is 13.3 Å². The summed E-state index contributed by atoms with van der Waals surface area (Å²) in [7, 11) is 0. The second-order valence-electron chi connectivity index (χ2n) is 3.09. The normalized spacial score (nSPS) is 13.2. The van der Waals surface area contributed by atoms with Crippen LogP contribution in [0.25, 0.3) is 0 Å². The van der Waals surface area contributed by atoms with E-state index in [1.807, 2.05) is 6.92 Å². The standard InChI is InChI=1S/C8H15N3O2/c1-6(9)2-3-8-10-7(4-5-12)11-13-8/h6,12H,2-5,9H2,1H3. The predicted octanol–water partition coefficient (Wildman–Crippen LogP) is -0.116. The van der Waals surface area contributed by atoms with Gasteiger partial charge in [0.2, 0.25) is 5.89 Å². The number of aromatic nitrogens is 2. The molecule has 13 heavy (non-hydrogen) atoms. The Kier molecular flexibility index (Phi) is 3.85. The van der Waals surface area contributed by atoms with Crippen molar-refractivity contribution in [1.82, 2.24) is 10.1 Å². The van der Waals surface area contributed by atoms with Crippen LogP contribution in [0.1, 0.15) is 25.1 Å². The van der Waals surface area contributed by atoms with E-state index in [2.05, 4.69) is 10.1 Å². The first-order valence-corrected chi connectivity index (χ1v) is 4.40.